The van der Waals surface area contributed by atoms with Crippen molar-refractivity contribution in [3.05, 3.63) is 22.5 Å². The first kappa shape index (κ1) is 16.4. The van der Waals surface area contributed by atoms with E-state index in [1.165, 1.54) is 18.7 Å². The number of tetrazole rings is 1. The number of carbonyl (C=O) groups is 2. The SMILES string of the molecule is CCn1nnnc1S[C@@H](C)C(=O)c1[nH]c(C)c(C(C)=O)c1C. The van der Waals surface area contributed by atoms with Gasteiger partial charge in [0.05, 0.1) is 10.9 Å². The summed E-state index contributed by atoms with van der Waals surface area (Å²) in [6.45, 7) is 9.49. The molecule has 0 aromatic carbocycles. The maximum absolute atomic E-state index is 12.6. The molecule has 0 aliphatic rings. The van der Waals surface area contributed by atoms with E-state index in [0.29, 0.717) is 28.5 Å². The Labute approximate surface area is 132 Å². The molecular weight excluding hydrogens is 302 g/mol. The van der Waals surface area contributed by atoms with Crippen LogP contribution < -0.4 is 0 Å². The van der Waals surface area contributed by atoms with E-state index in [1.807, 2.05) is 13.8 Å². The minimum Gasteiger partial charge on any atom is -0.355 e. The number of aromatic nitrogens is 5. The Morgan fingerprint density at radius 3 is 2.59 bits per heavy atom. The molecule has 8 heteroatoms. The van der Waals surface area contributed by atoms with Crippen LogP contribution in [0, 0.1) is 13.8 Å². The molecule has 22 heavy (non-hydrogen) atoms. The summed E-state index contributed by atoms with van der Waals surface area (Å²) in [5, 5.41) is 11.6. The molecule has 2 aromatic heterocycles. The zero-order valence-electron chi connectivity index (χ0n) is 13.3. The normalized spacial score (nSPS) is 12.4. The topological polar surface area (TPSA) is 93.5 Å². The third kappa shape index (κ3) is 2.96. The van der Waals surface area contributed by atoms with Crippen LogP contribution in [-0.4, -0.2) is 42.0 Å². The molecule has 1 atom stereocenters. The summed E-state index contributed by atoms with van der Waals surface area (Å²) < 4.78 is 1.64. The molecule has 1 N–H and O–H groups in total. The number of nitrogens with zero attached hydrogens (tertiary/aromatic N) is 4. The van der Waals surface area contributed by atoms with E-state index in [-0.39, 0.29) is 16.8 Å². The van der Waals surface area contributed by atoms with E-state index >= 15 is 0 Å². The number of aromatic amines is 1. The lowest BCUT2D eigenvalue weighted by Gasteiger charge is -2.09. The van der Waals surface area contributed by atoms with Crippen LogP contribution in [0.25, 0.3) is 0 Å². The van der Waals surface area contributed by atoms with Crippen LogP contribution in [-0.2, 0) is 6.54 Å². The smallest absolute Gasteiger partial charge is 0.210 e. The van der Waals surface area contributed by atoms with Gasteiger partial charge in [0.25, 0.3) is 0 Å². The van der Waals surface area contributed by atoms with Crippen LogP contribution in [0.3, 0.4) is 0 Å². The van der Waals surface area contributed by atoms with Crippen LogP contribution in [0.5, 0.6) is 0 Å². The maximum Gasteiger partial charge on any atom is 0.210 e. The molecule has 0 bridgehead atoms. The van der Waals surface area contributed by atoms with E-state index in [0.717, 1.165) is 5.69 Å². The van der Waals surface area contributed by atoms with E-state index in [9.17, 15) is 9.59 Å². The lowest BCUT2D eigenvalue weighted by atomic mass is 10.0. The van der Waals surface area contributed by atoms with Gasteiger partial charge < -0.3 is 4.98 Å². The average molecular weight is 321 g/mol. The summed E-state index contributed by atoms with van der Waals surface area (Å²) in [4.78, 5) is 27.3. The molecule has 0 unspecified atom stereocenters. The molecule has 0 aliphatic carbocycles. The quantitative estimate of drug-likeness (QED) is 0.647. The Morgan fingerprint density at radius 1 is 1.36 bits per heavy atom. The van der Waals surface area contributed by atoms with Gasteiger partial charge in [-0.05, 0) is 50.6 Å². The number of Topliss-reactive ketones (excluding diaryl/α,β-unsaturated/α-hetero) is 2. The van der Waals surface area contributed by atoms with Gasteiger partial charge in [0.2, 0.25) is 5.16 Å². The van der Waals surface area contributed by atoms with Crippen LogP contribution in [0.4, 0.5) is 0 Å². The number of carbonyl (C=O) groups excluding carboxylic acids is 2. The Balaban J connectivity index is 2.25. The molecule has 0 radical (unpaired) electrons. The van der Waals surface area contributed by atoms with Crippen molar-refractivity contribution in [3.63, 3.8) is 0 Å². The zero-order chi connectivity index (χ0) is 16.4. The van der Waals surface area contributed by atoms with Gasteiger partial charge in [0.1, 0.15) is 0 Å². The monoisotopic (exact) mass is 321 g/mol. The Morgan fingerprint density at radius 2 is 2.05 bits per heavy atom. The minimum absolute atomic E-state index is 0.0412. The molecule has 2 rings (SSSR count). The molecule has 2 heterocycles. The fourth-order valence-electron chi connectivity index (χ4n) is 2.42. The summed E-state index contributed by atoms with van der Waals surface area (Å²) in [6, 6.07) is 0. The Kier molecular flexibility index (Phi) is 4.80. The lowest BCUT2D eigenvalue weighted by molar-refractivity contribution is 0.0988. The van der Waals surface area contributed by atoms with Gasteiger partial charge in [-0.2, -0.15) is 0 Å². The summed E-state index contributed by atoms with van der Waals surface area (Å²) >= 11 is 1.31. The van der Waals surface area contributed by atoms with E-state index in [1.54, 1.807) is 18.5 Å². The van der Waals surface area contributed by atoms with Gasteiger partial charge in [-0.15, -0.1) is 5.10 Å². The van der Waals surface area contributed by atoms with Crippen LogP contribution in [0.15, 0.2) is 5.16 Å². The number of ketones is 2. The maximum atomic E-state index is 12.6. The van der Waals surface area contributed by atoms with Gasteiger partial charge in [0.15, 0.2) is 11.6 Å². The number of hydrogen-bond donors (Lipinski definition) is 1. The molecule has 0 fully saturated rings. The van der Waals surface area contributed by atoms with Crippen LogP contribution >= 0.6 is 11.8 Å². The molecule has 118 valence electrons. The number of H-pyrrole nitrogens is 1. The van der Waals surface area contributed by atoms with Crippen molar-refractivity contribution in [2.45, 2.75) is 51.6 Å². The predicted molar refractivity (Wildman–Crippen MR) is 83.4 cm³/mol. The first-order valence-corrected chi connectivity index (χ1v) is 7.91. The second-order valence-electron chi connectivity index (χ2n) is 5.08. The highest BCUT2D eigenvalue weighted by Crippen LogP contribution is 2.26. The molecule has 0 saturated heterocycles. The van der Waals surface area contributed by atoms with Crippen molar-refractivity contribution in [1.29, 1.82) is 0 Å². The first-order chi connectivity index (χ1) is 10.4. The molecule has 2 aromatic rings. The van der Waals surface area contributed by atoms with Crippen molar-refractivity contribution >= 4 is 23.3 Å². The third-order valence-electron chi connectivity index (χ3n) is 3.49. The van der Waals surface area contributed by atoms with Gasteiger partial charge >= 0.3 is 0 Å². The second-order valence-corrected chi connectivity index (χ2v) is 6.39. The second kappa shape index (κ2) is 6.43. The van der Waals surface area contributed by atoms with E-state index < -0.39 is 0 Å². The average Bonchev–Trinajstić information content (AvgIpc) is 3.01. The number of thioether (sulfide) groups is 1. The fraction of sp³-hybridized carbons (Fsp3) is 0.500. The Hall–Kier alpha value is -1.96. The minimum atomic E-state index is -0.354. The highest BCUT2D eigenvalue weighted by atomic mass is 32.2. The van der Waals surface area contributed by atoms with Crippen molar-refractivity contribution in [3.8, 4) is 0 Å². The highest BCUT2D eigenvalue weighted by molar-refractivity contribution is 8.00. The third-order valence-corrected chi connectivity index (χ3v) is 4.56. The summed E-state index contributed by atoms with van der Waals surface area (Å²) in [7, 11) is 0. The highest BCUT2D eigenvalue weighted by Gasteiger charge is 2.25. The van der Waals surface area contributed by atoms with Crippen LogP contribution in [0.1, 0.15) is 52.9 Å². The van der Waals surface area contributed by atoms with Gasteiger partial charge in [-0.25, -0.2) is 4.68 Å². The van der Waals surface area contributed by atoms with Crippen molar-refractivity contribution in [1.82, 2.24) is 25.2 Å². The van der Waals surface area contributed by atoms with Gasteiger partial charge in [-0.1, -0.05) is 11.8 Å². The summed E-state index contributed by atoms with van der Waals surface area (Å²) in [5.74, 6) is -0.107. The first-order valence-electron chi connectivity index (χ1n) is 7.03. The fourth-order valence-corrected chi connectivity index (χ4v) is 3.33. The van der Waals surface area contributed by atoms with E-state index in [2.05, 4.69) is 20.5 Å². The van der Waals surface area contributed by atoms with Crippen molar-refractivity contribution in [2.24, 2.45) is 0 Å². The number of nitrogens with one attached hydrogen (secondary N) is 1. The van der Waals surface area contributed by atoms with Gasteiger partial charge in [-0.3, -0.25) is 9.59 Å². The van der Waals surface area contributed by atoms with E-state index in [4.69, 9.17) is 0 Å². The Bertz CT molecular complexity index is 719. The molecule has 7 nitrogen and oxygen atoms in total. The standard InChI is InChI=1S/C14H19N5O2S/c1-6-19-14(16-17-18-19)22-10(5)13(21)12-7(2)11(9(4)20)8(3)15-12/h10,15H,6H2,1-5H3/t10-/m0/s1. The molecule has 0 amide bonds. The van der Waals surface area contributed by atoms with Crippen molar-refractivity contribution < 1.29 is 9.59 Å². The molecular formula is C14H19N5O2S. The summed E-state index contributed by atoms with van der Waals surface area (Å²) in [5.41, 5.74) is 2.51. The number of hydrogen-bond acceptors (Lipinski definition) is 6. The predicted octanol–water partition coefficient (Wildman–Crippen LogP) is 2.20. The molecule has 0 saturated carbocycles. The largest absolute Gasteiger partial charge is 0.355 e. The number of rotatable bonds is 6. The van der Waals surface area contributed by atoms with Crippen molar-refractivity contribution in [2.75, 3.05) is 0 Å². The van der Waals surface area contributed by atoms with Crippen LogP contribution in [0.2, 0.25) is 0 Å². The number of aryl methyl sites for hydroxylation is 2. The zero-order valence-corrected chi connectivity index (χ0v) is 14.1. The molecule has 0 aliphatic heterocycles. The van der Waals surface area contributed by atoms with Gasteiger partial charge in [0, 0.05) is 17.8 Å². The summed E-state index contributed by atoms with van der Waals surface area (Å²) in [6.07, 6.45) is 0. The molecule has 0 spiro atoms. The lowest BCUT2D eigenvalue weighted by Crippen LogP contribution is -2.16.